The van der Waals surface area contributed by atoms with E-state index in [4.69, 9.17) is 0 Å². The highest BCUT2D eigenvalue weighted by Crippen LogP contribution is 2.17. The standard InChI is InChI=1S/C19H25N3O2/c1-14-7-10-22(11-8-14)13-15(23)12-21-19(24)17-6-9-20-18-5-3-2-4-16(17)18/h2-6,9,14-15,23H,7-8,10-13H2,1H3,(H,21,24). The van der Waals surface area contributed by atoms with E-state index in [1.165, 1.54) is 12.8 Å². The molecule has 0 radical (unpaired) electrons. The van der Waals surface area contributed by atoms with Crippen LogP contribution in [-0.2, 0) is 0 Å². The monoisotopic (exact) mass is 327 g/mol. The van der Waals surface area contributed by atoms with Crippen LogP contribution < -0.4 is 5.32 Å². The van der Waals surface area contributed by atoms with E-state index in [0.29, 0.717) is 12.1 Å². The number of β-amino-alcohol motifs (C(OH)–C–C–N with tert-alkyl or cyclic N) is 1. The van der Waals surface area contributed by atoms with Crippen molar-refractivity contribution in [1.82, 2.24) is 15.2 Å². The number of para-hydroxylation sites is 1. The second kappa shape index (κ2) is 7.73. The summed E-state index contributed by atoms with van der Waals surface area (Å²) in [6.45, 7) is 5.21. The number of hydrogen-bond donors (Lipinski definition) is 2. The minimum atomic E-state index is -0.546. The Balaban J connectivity index is 1.55. The van der Waals surface area contributed by atoms with Crippen LogP contribution in [-0.4, -0.2) is 53.2 Å². The van der Waals surface area contributed by atoms with Crippen molar-refractivity contribution in [3.05, 3.63) is 42.1 Å². The molecule has 5 nitrogen and oxygen atoms in total. The van der Waals surface area contributed by atoms with Gasteiger partial charge in [0.1, 0.15) is 0 Å². The van der Waals surface area contributed by atoms with E-state index < -0.39 is 6.10 Å². The van der Waals surface area contributed by atoms with Gasteiger partial charge in [0.15, 0.2) is 0 Å². The van der Waals surface area contributed by atoms with Crippen molar-refractivity contribution in [2.45, 2.75) is 25.9 Å². The van der Waals surface area contributed by atoms with Gasteiger partial charge >= 0.3 is 0 Å². The van der Waals surface area contributed by atoms with Gasteiger partial charge in [-0.15, -0.1) is 0 Å². The number of nitrogens with one attached hydrogen (secondary N) is 1. The van der Waals surface area contributed by atoms with E-state index in [1.807, 2.05) is 24.3 Å². The van der Waals surface area contributed by atoms with Crippen LogP contribution in [0.4, 0.5) is 0 Å². The van der Waals surface area contributed by atoms with E-state index in [-0.39, 0.29) is 12.5 Å². The number of nitrogens with zero attached hydrogens (tertiary/aromatic N) is 2. The fraction of sp³-hybridized carbons (Fsp3) is 0.474. The number of aromatic nitrogens is 1. The molecule has 0 spiro atoms. The van der Waals surface area contributed by atoms with Crippen molar-refractivity contribution in [2.75, 3.05) is 26.2 Å². The molecule has 0 aliphatic carbocycles. The molecule has 1 aromatic carbocycles. The fourth-order valence-corrected chi connectivity index (χ4v) is 3.21. The third kappa shape index (κ3) is 4.10. The van der Waals surface area contributed by atoms with Gasteiger partial charge in [0.05, 0.1) is 17.2 Å². The molecule has 1 atom stereocenters. The van der Waals surface area contributed by atoms with Crippen LogP contribution in [0.25, 0.3) is 10.9 Å². The van der Waals surface area contributed by atoms with Crippen LogP contribution in [0.3, 0.4) is 0 Å². The molecule has 24 heavy (non-hydrogen) atoms. The molecule has 1 aromatic heterocycles. The van der Waals surface area contributed by atoms with Gasteiger partial charge in [-0.3, -0.25) is 9.78 Å². The summed E-state index contributed by atoms with van der Waals surface area (Å²) in [6.07, 6.45) is 3.46. The van der Waals surface area contributed by atoms with E-state index in [0.717, 1.165) is 29.9 Å². The van der Waals surface area contributed by atoms with Gasteiger partial charge in [0, 0.05) is 24.7 Å². The number of amides is 1. The molecule has 0 bridgehead atoms. The zero-order valence-electron chi connectivity index (χ0n) is 14.1. The molecule has 2 N–H and O–H groups in total. The highest BCUT2D eigenvalue weighted by atomic mass is 16.3. The maximum atomic E-state index is 12.4. The van der Waals surface area contributed by atoms with Crippen LogP contribution in [0.15, 0.2) is 36.5 Å². The number of fused-ring (bicyclic) bond motifs is 1. The van der Waals surface area contributed by atoms with Gasteiger partial charge in [0.2, 0.25) is 0 Å². The molecule has 2 heterocycles. The Morgan fingerprint density at radius 2 is 2.08 bits per heavy atom. The Hall–Kier alpha value is -1.98. The SMILES string of the molecule is CC1CCN(CC(O)CNC(=O)c2ccnc3ccccc23)CC1. The van der Waals surface area contributed by atoms with Gasteiger partial charge in [-0.25, -0.2) is 0 Å². The number of carbonyl (C=O) groups is 1. The lowest BCUT2D eigenvalue weighted by Gasteiger charge is -2.31. The molecule has 1 saturated heterocycles. The van der Waals surface area contributed by atoms with Gasteiger partial charge in [0.25, 0.3) is 5.91 Å². The van der Waals surface area contributed by atoms with Crippen molar-refractivity contribution in [1.29, 1.82) is 0 Å². The van der Waals surface area contributed by atoms with E-state index >= 15 is 0 Å². The number of aliphatic hydroxyl groups excluding tert-OH is 1. The summed E-state index contributed by atoms with van der Waals surface area (Å²) >= 11 is 0. The van der Waals surface area contributed by atoms with Crippen molar-refractivity contribution in [2.24, 2.45) is 5.92 Å². The lowest BCUT2D eigenvalue weighted by atomic mass is 9.99. The van der Waals surface area contributed by atoms with Crippen LogP contribution >= 0.6 is 0 Å². The second-order valence-corrected chi connectivity index (χ2v) is 6.72. The quantitative estimate of drug-likeness (QED) is 0.882. The van der Waals surface area contributed by atoms with E-state index in [9.17, 15) is 9.90 Å². The highest BCUT2D eigenvalue weighted by Gasteiger charge is 2.19. The third-order valence-electron chi connectivity index (χ3n) is 4.74. The molecule has 1 unspecified atom stereocenters. The van der Waals surface area contributed by atoms with Crippen LogP contribution in [0.1, 0.15) is 30.1 Å². The summed E-state index contributed by atoms with van der Waals surface area (Å²) in [5, 5.41) is 13.9. The average Bonchev–Trinajstić information content (AvgIpc) is 2.61. The zero-order valence-corrected chi connectivity index (χ0v) is 14.1. The number of carbonyl (C=O) groups excluding carboxylic acids is 1. The minimum absolute atomic E-state index is 0.167. The Kier molecular flexibility index (Phi) is 5.43. The van der Waals surface area contributed by atoms with Gasteiger partial charge in [-0.1, -0.05) is 25.1 Å². The highest BCUT2D eigenvalue weighted by molar-refractivity contribution is 6.05. The number of piperidine rings is 1. The second-order valence-electron chi connectivity index (χ2n) is 6.72. The van der Waals surface area contributed by atoms with Crippen molar-refractivity contribution in [3.8, 4) is 0 Å². The molecule has 1 aliphatic heterocycles. The normalized spacial score (nSPS) is 17.8. The van der Waals surface area contributed by atoms with Crippen LogP contribution in [0.2, 0.25) is 0 Å². The molecule has 1 fully saturated rings. The van der Waals surface area contributed by atoms with Gasteiger partial charge in [-0.05, 0) is 44.0 Å². The number of rotatable bonds is 5. The Bertz CT molecular complexity index is 691. The predicted octanol–water partition coefficient (Wildman–Crippen LogP) is 2.06. The molecular formula is C19H25N3O2. The van der Waals surface area contributed by atoms with Crippen molar-refractivity contribution in [3.63, 3.8) is 0 Å². The summed E-state index contributed by atoms with van der Waals surface area (Å²) < 4.78 is 0. The first-order valence-electron chi connectivity index (χ1n) is 8.66. The topological polar surface area (TPSA) is 65.5 Å². The molecule has 1 amide bonds. The summed E-state index contributed by atoms with van der Waals surface area (Å²) in [5.74, 6) is 0.609. The number of pyridine rings is 1. The number of likely N-dealkylation sites (tertiary alicyclic amines) is 1. The minimum Gasteiger partial charge on any atom is -0.390 e. The van der Waals surface area contributed by atoms with Crippen molar-refractivity contribution < 1.29 is 9.90 Å². The molecule has 2 aromatic rings. The van der Waals surface area contributed by atoms with Crippen LogP contribution in [0, 0.1) is 5.92 Å². The van der Waals surface area contributed by atoms with Gasteiger partial charge in [-0.2, -0.15) is 0 Å². The first-order valence-corrected chi connectivity index (χ1v) is 8.66. The molecule has 5 heteroatoms. The molecular weight excluding hydrogens is 302 g/mol. The zero-order chi connectivity index (χ0) is 16.9. The van der Waals surface area contributed by atoms with E-state index in [2.05, 4.69) is 22.1 Å². The molecule has 128 valence electrons. The maximum absolute atomic E-state index is 12.4. The largest absolute Gasteiger partial charge is 0.390 e. The fourth-order valence-electron chi connectivity index (χ4n) is 3.21. The lowest BCUT2D eigenvalue weighted by Crippen LogP contribution is -2.43. The summed E-state index contributed by atoms with van der Waals surface area (Å²) in [5.41, 5.74) is 1.40. The number of benzene rings is 1. The Labute approximate surface area is 142 Å². The first-order chi connectivity index (χ1) is 11.6. The lowest BCUT2D eigenvalue weighted by molar-refractivity contribution is 0.0796. The Morgan fingerprint density at radius 3 is 2.88 bits per heavy atom. The van der Waals surface area contributed by atoms with E-state index in [1.54, 1.807) is 12.3 Å². The van der Waals surface area contributed by atoms with Gasteiger partial charge < -0.3 is 15.3 Å². The number of hydrogen-bond acceptors (Lipinski definition) is 4. The summed E-state index contributed by atoms with van der Waals surface area (Å²) in [6, 6.07) is 9.30. The smallest absolute Gasteiger partial charge is 0.252 e. The van der Waals surface area contributed by atoms with Crippen molar-refractivity contribution >= 4 is 16.8 Å². The summed E-state index contributed by atoms with van der Waals surface area (Å²) in [7, 11) is 0. The molecule has 1 aliphatic rings. The third-order valence-corrected chi connectivity index (χ3v) is 4.74. The molecule has 0 saturated carbocycles. The average molecular weight is 327 g/mol. The predicted molar refractivity (Wildman–Crippen MR) is 94.9 cm³/mol. The molecule has 3 rings (SSSR count). The summed E-state index contributed by atoms with van der Waals surface area (Å²) in [4.78, 5) is 19.0. The van der Waals surface area contributed by atoms with Crippen LogP contribution in [0.5, 0.6) is 0 Å². The Morgan fingerprint density at radius 1 is 1.33 bits per heavy atom. The first kappa shape index (κ1) is 16.9. The number of aliphatic hydroxyl groups is 1. The maximum Gasteiger partial charge on any atom is 0.252 e.